The molecule has 1 atom stereocenters. The van der Waals surface area contributed by atoms with Crippen LogP contribution in [0.5, 0.6) is 0 Å². The molecule has 1 fully saturated rings. The maximum absolute atomic E-state index is 12.1. The van der Waals surface area contributed by atoms with Gasteiger partial charge < -0.3 is 4.90 Å². The van der Waals surface area contributed by atoms with Gasteiger partial charge in [-0.1, -0.05) is 41.9 Å². The van der Waals surface area contributed by atoms with Crippen molar-refractivity contribution in [3.8, 4) is 0 Å². The van der Waals surface area contributed by atoms with Crippen LogP contribution in [0.15, 0.2) is 28.7 Å². The van der Waals surface area contributed by atoms with E-state index < -0.39 is 0 Å². The van der Waals surface area contributed by atoms with Gasteiger partial charge in [0.15, 0.2) is 0 Å². The predicted octanol–water partition coefficient (Wildman–Crippen LogP) is 3.77. The maximum atomic E-state index is 12.1. The summed E-state index contributed by atoms with van der Waals surface area (Å²) in [4.78, 5) is 14.1. The van der Waals surface area contributed by atoms with Crippen molar-refractivity contribution in [2.24, 2.45) is 5.92 Å². The van der Waals surface area contributed by atoms with Gasteiger partial charge in [-0.05, 0) is 30.5 Å². The van der Waals surface area contributed by atoms with Gasteiger partial charge in [0.05, 0.1) is 6.04 Å². The molecule has 1 unspecified atom stereocenters. The van der Waals surface area contributed by atoms with Crippen LogP contribution in [0.2, 0.25) is 0 Å². The third-order valence-electron chi connectivity index (χ3n) is 3.28. The highest BCUT2D eigenvalue weighted by atomic mass is 79.9. The van der Waals surface area contributed by atoms with Crippen LogP contribution in [-0.2, 0) is 4.79 Å². The van der Waals surface area contributed by atoms with Crippen LogP contribution >= 0.6 is 15.9 Å². The molecule has 1 amide bonds. The van der Waals surface area contributed by atoms with Gasteiger partial charge in [0, 0.05) is 16.9 Å². The fourth-order valence-electron chi connectivity index (χ4n) is 2.39. The van der Waals surface area contributed by atoms with E-state index in [1.54, 1.807) is 0 Å². The minimum absolute atomic E-state index is 0.0889. The predicted molar refractivity (Wildman–Crippen MR) is 72.7 cm³/mol. The molecule has 1 saturated heterocycles. The lowest BCUT2D eigenvalue weighted by Gasteiger charge is -2.26. The highest BCUT2D eigenvalue weighted by molar-refractivity contribution is 9.10. The number of hydrogen-bond acceptors (Lipinski definition) is 1. The Kier molecular flexibility index (Phi) is 3.87. The third-order valence-corrected chi connectivity index (χ3v) is 3.81. The quantitative estimate of drug-likeness (QED) is 0.813. The summed E-state index contributed by atoms with van der Waals surface area (Å²) in [6.07, 6.45) is 2.19. The Balaban J connectivity index is 2.20. The molecule has 0 bridgehead atoms. The highest BCUT2D eigenvalue weighted by Gasteiger charge is 2.30. The molecule has 0 saturated carbocycles. The van der Waals surface area contributed by atoms with Crippen molar-refractivity contribution in [2.75, 3.05) is 6.54 Å². The molecule has 92 valence electrons. The molecule has 1 aromatic rings. The molecular formula is C14H18BrNO. The Bertz CT molecular complexity index is 399. The van der Waals surface area contributed by atoms with Crippen LogP contribution < -0.4 is 0 Å². The number of amides is 1. The number of nitrogens with zero attached hydrogens (tertiary/aromatic N) is 1. The summed E-state index contributed by atoms with van der Waals surface area (Å²) in [5, 5.41) is 0. The number of carbonyl (C=O) groups excluding carboxylic acids is 1. The van der Waals surface area contributed by atoms with E-state index in [2.05, 4.69) is 28.1 Å². The fraction of sp³-hybridized carbons (Fsp3) is 0.500. The van der Waals surface area contributed by atoms with E-state index in [4.69, 9.17) is 0 Å². The molecule has 2 nitrogen and oxygen atoms in total. The van der Waals surface area contributed by atoms with Gasteiger partial charge in [-0.25, -0.2) is 0 Å². The first-order valence-corrected chi connectivity index (χ1v) is 6.95. The molecule has 2 rings (SSSR count). The molecule has 1 heterocycles. The number of carbonyl (C=O) groups is 1. The van der Waals surface area contributed by atoms with E-state index in [-0.39, 0.29) is 17.9 Å². The van der Waals surface area contributed by atoms with E-state index in [0.717, 1.165) is 23.9 Å². The number of halogens is 1. The van der Waals surface area contributed by atoms with Crippen LogP contribution in [0.4, 0.5) is 0 Å². The summed E-state index contributed by atoms with van der Waals surface area (Å²) >= 11 is 3.44. The minimum Gasteiger partial charge on any atom is -0.335 e. The van der Waals surface area contributed by atoms with Crippen molar-refractivity contribution in [2.45, 2.75) is 32.7 Å². The normalized spacial score (nSPS) is 20.0. The second-order valence-corrected chi connectivity index (χ2v) is 5.81. The van der Waals surface area contributed by atoms with Crippen LogP contribution in [0, 0.1) is 5.92 Å². The fourth-order valence-corrected chi connectivity index (χ4v) is 2.66. The van der Waals surface area contributed by atoms with Crippen molar-refractivity contribution in [3.05, 3.63) is 34.3 Å². The van der Waals surface area contributed by atoms with E-state index in [1.165, 1.54) is 5.56 Å². The standard InChI is InChI=1S/C14H18BrNO/c1-10(2)14(17)16-9-3-4-13(16)11-5-7-12(15)8-6-11/h5-8,10,13H,3-4,9H2,1-2H3. The Morgan fingerprint density at radius 1 is 1.35 bits per heavy atom. The van der Waals surface area contributed by atoms with Crippen molar-refractivity contribution < 1.29 is 4.79 Å². The van der Waals surface area contributed by atoms with Gasteiger partial charge in [0.1, 0.15) is 0 Å². The number of rotatable bonds is 2. The Labute approximate surface area is 111 Å². The zero-order valence-corrected chi connectivity index (χ0v) is 11.9. The molecule has 0 radical (unpaired) electrons. The second kappa shape index (κ2) is 5.21. The van der Waals surface area contributed by atoms with Crippen LogP contribution in [0.1, 0.15) is 38.3 Å². The lowest BCUT2D eigenvalue weighted by atomic mass is 10.0. The first-order valence-electron chi connectivity index (χ1n) is 6.15. The molecule has 0 spiro atoms. The van der Waals surface area contributed by atoms with Gasteiger partial charge in [-0.3, -0.25) is 4.79 Å². The Morgan fingerprint density at radius 2 is 2.00 bits per heavy atom. The molecule has 3 heteroatoms. The van der Waals surface area contributed by atoms with Gasteiger partial charge >= 0.3 is 0 Å². The summed E-state index contributed by atoms with van der Waals surface area (Å²) in [7, 11) is 0. The van der Waals surface area contributed by atoms with E-state index in [0.29, 0.717) is 0 Å². The van der Waals surface area contributed by atoms with Gasteiger partial charge in [0.25, 0.3) is 0 Å². The van der Waals surface area contributed by atoms with E-state index in [9.17, 15) is 4.79 Å². The molecule has 1 aliphatic rings. The summed E-state index contributed by atoms with van der Waals surface area (Å²) in [5.41, 5.74) is 1.25. The minimum atomic E-state index is 0.0889. The largest absolute Gasteiger partial charge is 0.335 e. The van der Waals surface area contributed by atoms with Gasteiger partial charge in [-0.15, -0.1) is 0 Å². The molecule has 0 aromatic heterocycles. The molecule has 1 aliphatic heterocycles. The van der Waals surface area contributed by atoms with E-state index >= 15 is 0 Å². The first-order chi connectivity index (χ1) is 8.09. The molecule has 1 aromatic carbocycles. The first kappa shape index (κ1) is 12.6. The molecule has 0 N–H and O–H groups in total. The zero-order valence-electron chi connectivity index (χ0n) is 10.3. The average molecular weight is 296 g/mol. The van der Waals surface area contributed by atoms with Gasteiger partial charge in [0.2, 0.25) is 5.91 Å². The highest BCUT2D eigenvalue weighted by Crippen LogP contribution is 2.33. The lowest BCUT2D eigenvalue weighted by molar-refractivity contribution is -0.135. The Morgan fingerprint density at radius 3 is 2.59 bits per heavy atom. The van der Waals surface area contributed by atoms with Crippen molar-refractivity contribution in [1.82, 2.24) is 4.90 Å². The average Bonchev–Trinajstić information content (AvgIpc) is 2.77. The molecule has 17 heavy (non-hydrogen) atoms. The summed E-state index contributed by atoms with van der Waals surface area (Å²) in [6, 6.07) is 8.59. The van der Waals surface area contributed by atoms with E-state index in [1.807, 2.05) is 30.9 Å². The third kappa shape index (κ3) is 2.71. The topological polar surface area (TPSA) is 20.3 Å². The molecule has 0 aliphatic carbocycles. The van der Waals surface area contributed by atoms with Crippen LogP contribution in [-0.4, -0.2) is 17.4 Å². The SMILES string of the molecule is CC(C)C(=O)N1CCCC1c1ccc(Br)cc1. The zero-order chi connectivity index (χ0) is 12.4. The summed E-state index contributed by atoms with van der Waals surface area (Å²) in [6.45, 7) is 4.84. The van der Waals surface area contributed by atoms with Gasteiger partial charge in [-0.2, -0.15) is 0 Å². The Hall–Kier alpha value is -0.830. The second-order valence-electron chi connectivity index (χ2n) is 4.90. The lowest BCUT2D eigenvalue weighted by Crippen LogP contribution is -2.33. The van der Waals surface area contributed by atoms with Crippen molar-refractivity contribution >= 4 is 21.8 Å². The summed E-state index contributed by atoms with van der Waals surface area (Å²) in [5.74, 6) is 0.362. The number of hydrogen-bond donors (Lipinski definition) is 0. The van der Waals surface area contributed by atoms with Crippen molar-refractivity contribution in [3.63, 3.8) is 0 Å². The van der Waals surface area contributed by atoms with Crippen LogP contribution in [0.3, 0.4) is 0 Å². The molecular weight excluding hydrogens is 278 g/mol. The van der Waals surface area contributed by atoms with Crippen molar-refractivity contribution in [1.29, 1.82) is 0 Å². The van der Waals surface area contributed by atoms with Crippen LogP contribution in [0.25, 0.3) is 0 Å². The smallest absolute Gasteiger partial charge is 0.225 e. The number of likely N-dealkylation sites (tertiary alicyclic amines) is 1. The maximum Gasteiger partial charge on any atom is 0.225 e. The monoisotopic (exact) mass is 295 g/mol. The number of benzene rings is 1. The summed E-state index contributed by atoms with van der Waals surface area (Å²) < 4.78 is 1.08.